The van der Waals surface area contributed by atoms with Crippen molar-refractivity contribution in [3.63, 3.8) is 0 Å². The lowest BCUT2D eigenvalue weighted by Crippen LogP contribution is -2.41. The fourth-order valence-electron chi connectivity index (χ4n) is 5.98. The van der Waals surface area contributed by atoms with Crippen LogP contribution < -0.4 is 13.6 Å². The molecule has 0 radical (unpaired) electrons. The van der Waals surface area contributed by atoms with Gasteiger partial charge in [-0.2, -0.15) is 8.42 Å². The second-order valence-electron chi connectivity index (χ2n) is 8.58. The summed E-state index contributed by atoms with van der Waals surface area (Å²) < 4.78 is 36.5. The van der Waals surface area contributed by atoms with Crippen LogP contribution in [0.4, 0.5) is 0 Å². The maximum Gasteiger partial charge on any atom is 0.409 e. The third-order valence-electron chi connectivity index (χ3n) is 7.23. The molecule has 3 aliphatic rings. The van der Waals surface area contributed by atoms with E-state index in [0.29, 0.717) is 28.9 Å². The first-order chi connectivity index (χ1) is 13.8. The summed E-state index contributed by atoms with van der Waals surface area (Å²) in [5.74, 6) is 1.62. The minimum absolute atomic E-state index is 0.125. The topological polar surface area (TPSA) is 81.7 Å². The van der Waals surface area contributed by atoms with E-state index in [4.69, 9.17) is 8.92 Å². The van der Waals surface area contributed by atoms with Crippen molar-refractivity contribution in [1.29, 1.82) is 0 Å². The number of rotatable bonds is 5. The SMILES string of the molecule is CC[C@@]12C=CCC1C1CCc3cc(OS(=O)(=O)NC(C)=O)c(OC)cc3C1CC2. The van der Waals surface area contributed by atoms with Crippen molar-refractivity contribution in [2.45, 2.75) is 58.3 Å². The van der Waals surface area contributed by atoms with Crippen LogP contribution in [0.15, 0.2) is 24.3 Å². The number of amides is 1. The molecule has 1 aromatic rings. The Hall–Kier alpha value is -2.02. The highest BCUT2D eigenvalue weighted by atomic mass is 32.2. The van der Waals surface area contributed by atoms with Crippen molar-refractivity contribution in [1.82, 2.24) is 4.72 Å². The molecule has 1 fully saturated rings. The Morgan fingerprint density at radius 3 is 2.76 bits per heavy atom. The lowest BCUT2D eigenvalue weighted by molar-refractivity contribution is -0.117. The fourth-order valence-corrected chi connectivity index (χ4v) is 6.74. The molecule has 0 heterocycles. The summed E-state index contributed by atoms with van der Waals surface area (Å²) in [5.41, 5.74) is 2.74. The van der Waals surface area contributed by atoms with Gasteiger partial charge in [0.05, 0.1) is 7.11 Å². The standard InChI is InChI=1S/C22H29NO5S/c1-4-22-10-5-6-19(22)17-8-7-15-12-21(28-29(25,26)23-14(2)24)20(27-3)13-18(15)16(17)9-11-22/h5,10,12-13,16-17,19H,4,6-9,11H2,1-3H3,(H,23,24)/t16?,17?,19?,22-/m0/s1. The van der Waals surface area contributed by atoms with Crippen molar-refractivity contribution in [3.8, 4) is 11.5 Å². The Kier molecular flexibility index (Phi) is 5.13. The zero-order valence-corrected chi connectivity index (χ0v) is 18.1. The number of methoxy groups -OCH3 is 1. The highest BCUT2D eigenvalue weighted by Crippen LogP contribution is 2.60. The number of hydrogen-bond acceptors (Lipinski definition) is 5. The molecule has 0 bridgehead atoms. The van der Waals surface area contributed by atoms with Crippen molar-refractivity contribution in [2.24, 2.45) is 17.3 Å². The molecule has 0 spiro atoms. The van der Waals surface area contributed by atoms with E-state index in [-0.39, 0.29) is 5.75 Å². The molecule has 3 aliphatic carbocycles. The first-order valence-corrected chi connectivity index (χ1v) is 11.8. The number of nitrogens with one attached hydrogen (secondary N) is 1. The number of benzene rings is 1. The average molecular weight is 420 g/mol. The Morgan fingerprint density at radius 1 is 1.28 bits per heavy atom. The molecule has 0 aromatic heterocycles. The van der Waals surface area contributed by atoms with E-state index in [1.807, 2.05) is 10.8 Å². The van der Waals surface area contributed by atoms with Gasteiger partial charge < -0.3 is 8.92 Å². The van der Waals surface area contributed by atoms with Crippen molar-refractivity contribution >= 4 is 16.2 Å². The van der Waals surface area contributed by atoms with E-state index in [1.54, 1.807) is 6.07 Å². The van der Waals surface area contributed by atoms with Crippen LogP contribution in [0.2, 0.25) is 0 Å². The van der Waals surface area contributed by atoms with Gasteiger partial charge in [0.15, 0.2) is 11.5 Å². The molecule has 1 aromatic carbocycles. The van der Waals surface area contributed by atoms with E-state index in [2.05, 4.69) is 19.1 Å². The highest BCUT2D eigenvalue weighted by molar-refractivity contribution is 7.85. The van der Waals surface area contributed by atoms with E-state index in [1.165, 1.54) is 25.5 Å². The lowest BCUT2D eigenvalue weighted by Gasteiger charge is -2.50. The first-order valence-electron chi connectivity index (χ1n) is 10.4. The number of aryl methyl sites for hydroxylation is 1. The molecule has 4 atom stereocenters. The number of allylic oxidation sites excluding steroid dienone is 2. The third kappa shape index (κ3) is 3.54. The monoisotopic (exact) mass is 419 g/mol. The van der Waals surface area contributed by atoms with Crippen LogP contribution in [-0.2, 0) is 21.5 Å². The summed E-state index contributed by atoms with van der Waals surface area (Å²) in [6.45, 7) is 3.43. The quantitative estimate of drug-likeness (QED) is 0.733. The van der Waals surface area contributed by atoms with E-state index in [0.717, 1.165) is 38.2 Å². The average Bonchev–Trinajstić information content (AvgIpc) is 3.10. The molecule has 3 unspecified atom stereocenters. The highest BCUT2D eigenvalue weighted by Gasteiger charge is 2.50. The fraction of sp³-hybridized carbons (Fsp3) is 0.591. The van der Waals surface area contributed by atoms with Gasteiger partial charge in [0.25, 0.3) is 0 Å². The van der Waals surface area contributed by atoms with Crippen LogP contribution in [0, 0.1) is 17.3 Å². The number of carbonyl (C=O) groups excluding carboxylic acids is 1. The molecule has 0 saturated heterocycles. The van der Waals surface area contributed by atoms with Gasteiger partial charge in [-0.15, -0.1) is 0 Å². The second-order valence-corrected chi connectivity index (χ2v) is 9.86. The van der Waals surface area contributed by atoms with E-state index < -0.39 is 16.2 Å². The van der Waals surface area contributed by atoms with Crippen LogP contribution >= 0.6 is 0 Å². The molecule has 1 N–H and O–H groups in total. The van der Waals surface area contributed by atoms with Crippen LogP contribution in [0.3, 0.4) is 0 Å². The summed E-state index contributed by atoms with van der Waals surface area (Å²) in [5, 5.41) is 0. The number of ether oxygens (including phenoxy) is 1. The number of fused-ring (bicyclic) bond motifs is 5. The molecule has 1 saturated carbocycles. The predicted molar refractivity (Wildman–Crippen MR) is 110 cm³/mol. The summed E-state index contributed by atoms with van der Waals surface area (Å²) in [6, 6.07) is 3.73. The normalized spacial score (nSPS) is 30.1. The first kappa shape index (κ1) is 20.3. The predicted octanol–water partition coefficient (Wildman–Crippen LogP) is 3.87. The maximum absolute atomic E-state index is 12.1. The van der Waals surface area contributed by atoms with Crippen LogP contribution in [0.5, 0.6) is 11.5 Å². The van der Waals surface area contributed by atoms with E-state index in [9.17, 15) is 13.2 Å². The molecular weight excluding hydrogens is 390 g/mol. The van der Waals surface area contributed by atoms with Gasteiger partial charge in [-0.3, -0.25) is 4.79 Å². The number of carbonyl (C=O) groups is 1. The smallest absolute Gasteiger partial charge is 0.409 e. The Bertz CT molecular complexity index is 954. The molecule has 6 nitrogen and oxygen atoms in total. The van der Waals surface area contributed by atoms with Gasteiger partial charge in [0.1, 0.15) is 0 Å². The molecule has 158 valence electrons. The third-order valence-corrected chi connectivity index (χ3v) is 8.17. The largest absolute Gasteiger partial charge is 0.493 e. The van der Waals surface area contributed by atoms with Crippen molar-refractivity contribution in [2.75, 3.05) is 7.11 Å². The van der Waals surface area contributed by atoms with Gasteiger partial charge in [-0.1, -0.05) is 19.1 Å². The summed E-state index contributed by atoms with van der Waals surface area (Å²) in [6.07, 6.45) is 11.5. The molecule has 0 aliphatic heterocycles. The van der Waals surface area contributed by atoms with Crippen LogP contribution in [-0.4, -0.2) is 21.4 Å². The Labute approximate surface area is 172 Å². The van der Waals surface area contributed by atoms with Gasteiger partial charge in [-0.25, -0.2) is 4.72 Å². The summed E-state index contributed by atoms with van der Waals surface area (Å²) in [4.78, 5) is 11.1. The molecule has 1 amide bonds. The molecular formula is C22H29NO5S. The lowest BCUT2D eigenvalue weighted by atomic mass is 9.54. The van der Waals surface area contributed by atoms with Gasteiger partial charge in [0, 0.05) is 6.92 Å². The zero-order valence-electron chi connectivity index (χ0n) is 17.2. The summed E-state index contributed by atoms with van der Waals surface area (Å²) in [7, 11) is -2.72. The zero-order chi connectivity index (χ0) is 20.8. The number of hydrogen-bond donors (Lipinski definition) is 1. The van der Waals surface area contributed by atoms with Gasteiger partial charge in [-0.05, 0) is 85.0 Å². The molecule has 29 heavy (non-hydrogen) atoms. The minimum Gasteiger partial charge on any atom is -0.493 e. The van der Waals surface area contributed by atoms with Crippen LogP contribution in [0.25, 0.3) is 0 Å². The minimum atomic E-state index is -4.23. The van der Waals surface area contributed by atoms with Gasteiger partial charge >= 0.3 is 10.3 Å². The second kappa shape index (κ2) is 7.35. The molecule has 4 rings (SSSR count). The summed E-state index contributed by atoms with van der Waals surface area (Å²) >= 11 is 0. The maximum atomic E-state index is 12.1. The Morgan fingerprint density at radius 2 is 2.07 bits per heavy atom. The van der Waals surface area contributed by atoms with Crippen molar-refractivity contribution in [3.05, 3.63) is 35.4 Å². The van der Waals surface area contributed by atoms with Crippen molar-refractivity contribution < 1.29 is 22.1 Å². The van der Waals surface area contributed by atoms with E-state index >= 15 is 0 Å². The van der Waals surface area contributed by atoms with Crippen LogP contribution in [0.1, 0.15) is 63.0 Å². The molecule has 7 heteroatoms. The van der Waals surface area contributed by atoms with Gasteiger partial charge in [0.2, 0.25) is 5.91 Å². The Balaban J connectivity index is 1.66.